The van der Waals surface area contributed by atoms with Gasteiger partial charge < -0.3 is 0 Å². The summed E-state index contributed by atoms with van der Waals surface area (Å²) in [5, 5.41) is 0. The Labute approximate surface area is 78.1 Å². The highest BCUT2D eigenvalue weighted by atomic mass is 16.1. The molecule has 0 saturated heterocycles. The number of ketones is 1. The van der Waals surface area contributed by atoms with Crippen molar-refractivity contribution in [3.8, 4) is 0 Å². The van der Waals surface area contributed by atoms with Crippen LogP contribution in [-0.4, -0.2) is 5.78 Å². The fourth-order valence-electron chi connectivity index (χ4n) is 1.80. The molecule has 0 unspecified atom stereocenters. The molecule has 0 atom stereocenters. The van der Waals surface area contributed by atoms with Gasteiger partial charge in [-0.15, -0.1) is 0 Å². The van der Waals surface area contributed by atoms with Crippen LogP contribution in [0.3, 0.4) is 0 Å². The lowest BCUT2D eigenvalue weighted by Gasteiger charge is -1.97. The maximum absolute atomic E-state index is 11.5. The van der Waals surface area contributed by atoms with E-state index in [4.69, 9.17) is 0 Å². The molecule has 0 amide bonds. The Hall–Kier alpha value is -1.37. The second-order valence-corrected chi connectivity index (χ2v) is 3.28. The van der Waals surface area contributed by atoms with Crippen molar-refractivity contribution in [1.29, 1.82) is 0 Å². The van der Waals surface area contributed by atoms with Crippen molar-refractivity contribution in [2.75, 3.05) is 0 Å². The molecule has 0 bridgehead atoms. The third kappa shape index (κ3) is 1.31. The summed E-state index contributed by atoms with van der Waals surface area (Å²) >= 11 is 0. The van der Waals surface area contributed by atoms with Crippen LogP contribution in [0.5, 0.6) is 0 Å². The summed E-state index contributed by atoms with van der Waals surface area (Å²) in [6, 6.07) is 7.85. The summed E-state index contributed by atoms with van der Waals surface area (Å²) < 4.78 is 0. The lowest BCUT2D eigenvalue weighted by Crippen LogP contribution is -1.88. The fourth-order valence-corrected chi connectivity index (χ4v) is 1.80. The molecule has 1 aliphatic rings. The quantitative estimate of drug-likeness (QED) is 0.636. The second-order valence-electron chi connectivity index (χ2n) is 3.28. The van der Waals surface area contributed by atoms with Gasteiger partial charge in [0.25, 0.3) is 0 Å². The molecule has 1 aromatic rings. The van der Waals surface area contributed by atoms with Gasteiger partial charge in [-0.3, -0.25) is 4.79 Å². The van der Waals surface area contributed by atoms with Gasteiger partial charge in [0.05, 0.1) is 0 Å². The van der Waals surface area contributed by atoms with Crippen LogP contribution in [0.1, 0.15) is 35.7 Å². The van der Waals surface area contributed by atoms with Crippen molar-refractivity contribution >= 4 is 11.4 Å². The van der Waals surface area contributed by atoms with Crippen molar-refractivity contribution in [1.82, 2.24) is 0 Å². The van der Waals surface area contributed by atoms with Crippen LogP contribution in [0.25, 0.3) is 5.57 Å². The molecule has 0 saturated carbocycles. The number of fused-ring (bicyclic) bond motifs is 1. The van der Waals surface area contributed by atoms with E-state index < -0.39 is 0 Å². The fraction of sp³-hybridized carbons (Fsp3) is 0.250. The first-order valence-electron chi connectivity index (χ1n) is 4.64. The van der Waals surface area contributed by atoms with Crippen LogP contribution < -0.4 is 0 Å². The van der Waals surface area contributed by atoms with E-state index in [0.29, 0.717) is 6.42 Å². The van der Waals surface area contributed by atoms with Crippen molar-refractivity contribution in [3.05, 3.63) is 41.5 Å². The number of rotatable bonds is 1. The molecule has 1 heteroatoms. The van der Waals surface area contributed by atoms with Crippen LogP contribution in [0.2, 0.25) is 0 Å². The van der Waals surface area contributed by atoms with E-state index in [1.54, 1.807) is 0 Å². The third-order valence-electron chi connectivity index (χ3n) is 2.37. The summed E-state index contributed by atoms with van der Waals surface area (Å²) in [7, 11) is 0. The number of hydrogen-bond acceptors (Lipinski definition) is 1. The topological polar surface area (TPSA) is 17.1 Å². The van der Waals surface area contributed by atoms with Crippen LogP contribution in [-0.2, 0) is 0 Å². The predicted octanol–water partition coefficient (Wildman–Crippen LogP) is 3.07. The van der Waals surface area contributed by atoms with Crippen LogP contribution in [0, 0.1) is 0 Å². The van der Waals surface area contributed by atoms with E-state index >= 15 is 0 Å². The molecule has 0 N–H and O–H groups in total. The summed E-state index contributed by atoms with van der Waals surface area (Å²) in [5.74, 6) is 0.260. The van der Waals surface area contributed by atoms with Gasteiger partial charge in [-0.25, -0.2) is 0 Å². The number of Topliss-reactive ketones (excluding diaryl/α,β-unsaturated/α-hetero) is 1. The summed E-state index contributed by atoms with van der Waals surface area (Å²) in [5.41, 5.74) is 3.22. The van der Waals surface area contributed by atoms with Crippen molar-refractivity contribution in [2.45, 2.75) is 19.8 Å². The van der Waals surface area contributed by atoms with Crippen LogP contribution >= 0.6 is 0 Å². The third-order valence-corrected chi connectivity index (χ3v) is 2.37. The van der Waals surface area contributed by atoms with E-state index in [0.717, 1.165) is 17.5 Å². The van der Waals surface area contributed by atoms with Gasteiger partial charge in [0.15, 0.2) is 5.78 Å². The largest absolute Gasteiger partial charge is 0.294 e. The monoisotopic (exact) mass is 172 g/mol. The Kier molecular flexibility index (Phi) is 2.01. The molecule has 0 heterocycles. The second kappa shape index (κ2) is 3.17. The number of benzene rings is 1. The molecule has 66 valence electrons. The van der Waals surface area contributed by atoms with Gasteiger partial charge in [0.2, 0.25) is 0 Å². The Morgan fingerprint density at radius 3 is 2.69 bits per heavy atom. The highest BCUT2D eigenvalue weighted by Gasteiger charge is 2.22. The number of carbonyl (C=O) groups excluding carboxylic acids is 1. The zero-order valence-corrected chi connectivity index (χ0v) is 7.71. The van der Waals surface area contributed by atoms with Gasteiger partial charge in [-0.05, 0) is 17.6 Å². The van der Waals surface area contributed by atoms with E-state index in [9.17, 15) is 4.79 Å². The molecular formula is C12H12O. The Morgan fingerprint density at radius 1 is 1.31 bits per heavy atom. The van der Waals surface area contributed by atoms with E-state index in [1.807, 2.05) is 24.3 Å². The summed E-state index contributed by atoms with van der Waals surface area (Å²) in [6.07, 6.45) is 3.73. The summed E-state index contributed by atoms with van der Waals surface area (Å²) in [6.45, 7) is 2.10. The van der Waals surface area contributed by atoms with E-state index in [-0.39, 0.29) is 5.78 Å². The first-order chi connectivity index (χ1) is 6.33. The average molecular weight is 172 g/mol. The van der Waals surface area contributed by atoms with Crippen molar-refractivity contribution in [3.63, 3.8) is 0 Å². The normalized spacial score (nSPS) is 17.9. The molecule has 0 aliphatic heterocycles. The maximum Gasteiger partial charge on any atom is 0.167 e. The zero-order chi connectivity index (χ0) is 9.26. The molecule has 1 aromatic carbocycles. The van der Waals surface area contributed by atoms with Crippen molar-refractivity contribution in [2.24, 2.45) is 0 Å². The highest BCUT2D eigenvalue weighted by molar-refractivity contribution is 6.11. The minimum Gasteiger partial charge on any atom is -0.294 e. The minimum absolute atomic E-state index is 0.260. The Balaban J connectivity index is 2.53. The predicted molar refractivity (Wildman–Crippen MR) is 53.7 cm³/mol. The minimum atomic E-state index is 0.260. The number of carbonyl (C=O) groups is 1. The lowest BCUT2D eigenvalue weighted by molar-refractivity contribution is 0.100. The first kappa shape index (κ1) is 8.24. The first-order valence-corrected chi connectivity index (χ1v) is 4.64. The van der Waals surface area contributed by atoms with Gasteiger partial charge >= 0.3 is 0 Å². The molecule has 2 rings (SSSR count). The van der Waals surface area contributed by atoms with Gasteiger partial charge in [-0.1, -0.05) is 37.3 Å². The molecule has 1 aliphatic carbocycles. The molecule has 13 heavy (non-hydrogen) atoms. The van der Waals surface area contributed by atoms with Gasteiger partial charge in [0, 0.05) is 12.0 Å². The average Bonchev–Trinajstić information content (AvgIpc) is 2.46. The molecule has 0 aromatic heterocycles. The molecule has 0 fully saturated rings. The highest BCUT2D eigenvalue weighted by Crippen LogP contribution is 2.31. The van der Waals surface area contributed by atoms with Gasteiger partial charge in [0.1, 0.15) is 0 Å². The SMILES string of the molecule is CC/C=C1/CC(=O)c2ccccc21. The Morgan fingerprint density at radius 2 is 2.00 bits per heavy atom. The number of hydrogen-bond donors (Lipinski definition) is 0. The standard InChI is InChI=1S/C12H12O/c1-2-5-9-8-12(13)11-7-4-3-6-10(9)11/h3-7H,2,8H2,1H3/b9-5-. The maximum atomic E-state index is 11.5. The molecular weight excluding hydrogens is 160 g/mol. The van der Waals surface area contributed by atoms with E-state index in [2.05, 4.69) is 13.0 Å². The molecule has 0 spiro atoms. The summed E-state index contributed by atoms with van der Waals surface area (Å²) in [4.78, 5) is 11.5. The lowest BCUT2D eigenvalue weighted by atomic mass is 10.1. The van der Waals surface area contributed by atoms with Crippen LogP contribution in [0.15, 0.2) is 30.3 Å². The smallest absolute Gasteiger partial charge is 0.167 e. The zero-order valence-electron chi connectivity index (χ0n) is 7.71. The van der Waals surface area contributed by atoms with Crippen LogP contribution in [0.4, 0.5) is 0 Å². The Bertz CT molecular complexity index is 374. The molecule has 1 nitrogen and oxygen atoms in total. The molecule has 0 radical (unpaired) electrons. The number of allylic oxidation sites excluding steroid dienone is 2. The van der Waals surface area contributed by atoms with Gasteiger partial charge in [-0.2, -0.15) is 0 Å². The van der Waals surface area contributed by atoms with Crippen molar-refractivity contribution < 1.29 is 4.79 Å². The van der Waals surface area contributed by atoms with E-state index in [1.165, 1.54) is 5.57 Å².